The number of thiazole rings is 1. The summed E-state index contributed by atoms with van der Waals surface area (Å²) in [6.07, 6.45) is 2.75. The van der Waals surface area contributed by atoms with Crippen LogP contribution < -0.4 is 11.1 Å². The van der Waals surface area contributed by atoms with Gasteiger partial charge in [-0.05, 0) is 19.8 Å². The van der Waals surface area contributed by atoms with Crippen LogP contribution in [0, 0.1) is 0 Å². The highest BCUT2D eigenvalue weighted by molar-refractivity contribution is 7.14. The van der Waals surface area contributed by atoms with Crippen molar-refractivity contribution in [3.05, 3.63) is 11.2 Å². The molecule has 1 aromatic heterocycles. The predicted molar refractivity (Wildman–Crippen MR) is 68.2 cm³/mol. The van der Waals surface area contributed by atoms with E-state index in [2.05, 4.69) is 10.3 Å². The lowest BCUT2D eigenvalue weighted by Crippen LogP contribution is -2.24. The number of rotatable bonds is 4. The van der Waals surface area contributed by atoms with Crippen LogP contribution in [0.25, 0.3) is 0 Å². The minimum absolute atomic E-state index is 0. The van der Waals surface area contributed by atoms with Gasteiger partial charge < -0.3 is 11.1 Å². The Balaban J connectivity index is 0.00000128. The van der Waals surface area contributed by atoms with Crippen LogP contribution in [-0.2, 0) is 4.79 Å². The summed E-state index contributed by atoms with van der Waals surface area (Å²) in [5.74, 6) is 0.554. The summed E-state index contributed by atoms with van der Waals surface area (Å²) in [5.41, 5.74) is 8.40. The molecule has 1 aliphatic rings. The van der Waals surface area contributed by atoms with Crippen LogP contribution in [0.3, 0.4) is 0 Å². The first kappa shape index (κ1) is 13.4. The molecule has 1 aliphatic carbocycles. The van der Waals surface area contributed by atoms with E-state index in [9.17, 15) is 4.79 Å². The second-order valence-electron chi connectivity index (χ2n) is 4.07. The van der Waals surface area contributed by atoms with Crippen molar-refractivity contribution in [2.45, 2.75) is 38.1 Å². The fourth-order valence-electron chi connectivity index (χ4n) is 1.47. The number of hydrogen-bond donors (Lipinski definition) is 2. The summed E-state index contributed by atoms with van der Waals surface area (Å²) in [5, 5.41) is 3.79. The summed E-state index contributed by atoms with van der Waals surface area (Å²) in [7, 11) is 0. The van der Waals surface area contributed by atoms with E-state index in [-0.39, 0.29) is 24.4 Å². The average molecular weight is 262 g/mol. The third-order valence-electron chi connectivity index (χ3n) is 2.32. The Labute approximate surface area is 105 Å². The number of nitrogens with one attached hydrogen (secondary N) is 1. The normalized spacial score (nSPS) is 16.4. The number of aromatic nitrogens is 1. The van der Waals surface area contributed by atoms with Gasteiger partial charge in [-0.25, -0.2) is 4.98 Å². The van der Waals surface area contributed by atoms with Crippen LogP contribution in [0.5, 0.6) is 0 Å². The highest BCUT2D eigenvalue weighted by atomic mass is 35.5. The van der Waals surface area contributed by atoms with E-state index in [1.165, 1.54) is 24.2 Å². The molecule has 16 heavy (non-hydrogen) atoms. The second-order valence-corrected chi connectivity index (χ2v) is 4.93. The molecule has 1 aromatic rings. The van der Waals surface area contributed by atoms with Gasteiger partial charge >= 0.3 is 0 Å². The van der Waals surface area contributed by atoms with Crippen molar-refractivity contribution >= 4 is 34.7 Å². The smallest absolute Gasteiger partial charge is 0.226 e. The van der Waals surface area contributed by atoms with Crippen molar-refractivity contribution in [2.75, 3.05) is 5.32 Å². The minimum Gasteiger partial charge on any atom is -0.327 e. The number of carbonyl (C=O) groups excluding carboxylic acids is 1. The second kappa shape index (κ2) is 5.61. The molecular weight excluding hydrogens is 246 g/mol. The molecule has 2 rings (SSSR count). The molecule has 1 heterocycles. The summed E-state index contributed by atoms with van der Waals surface area (Å²) < 4.78 is 0. The number of nitrogens with two attached hydrogens (primary N) is 1. The van der Waals surface area contributed by atoms with Crippen molar-refractivity contribution in [1.29, 1.82) is 0 Å². The van der Waals surface area contributed by atoms with Crippen molar-refractivity contribution < 1.29 is 4.79 Å². The fraction of sp³-hybridized carbons (Fsp3) is 0.600. The topological polar surface area (TPSA) is 68.0 Å². The van der Waals surface area contributed by atoms with Gasteiger partial charge in [0.05, 0.1) is 11.2 Å². The zero-order chi connectivity index (χ0) is 10.8. The van der Waals surface area contributed by atoms with E-state index < -0.39 is 0 Å². The average Bonchev–Trinajstić information content (AvgIpc) is 2.87. The fourth-order valence-corrected chi connectivity index (χ4v) is 2.25. The minimum atomic E-state index is -0.0951. The van der Waals surface area contributed by atoms with Crippen LogP contribution >= 0.6 is 23.7 Å². The SMILES string of the molecule is CC(N)CC(=O)Nc1scnc1C1CC1.Cl. The molecule has 0 radical (unpaired) electrons. The van der Waals surface area contributed by atoms with E-state index >= 15 is 0 Å². The lowest BCUT2D eigenvalue weighted by atomic mass is 10.2. The molecule has 3 N–H and O–H groups in total. The first-order valence-corrected chi connectivity index (χ1v) is 6.03. The van der Waals surface area contributed by atoms with Gasteiger partial charge in [0, 0.05) is 18.4 Å². The molecule has 6 heteroatoms. The largest absolute Gasteiger partial charge is 0.327 e. The molecule has 0 aliphatic heterocycles. The third kappa shape index (κ3) is 3.43. The molecule has 1 saturated carbocycles. The molecule has 0 bridgehead atoms. The van der Waals surface area contributed by atoms with Crippen LogP contribution in [0.15, 0.2) is 5.51 Å². The van der Waals surface area contributed by atoms with E-state index in [1.807, 2.05) is 6.92 Å². The standard InChI is InChI=1S/C10H15N3OS.ClH/c1-6(11)4-8(14)13-10-9(7-2-3-7)12-5-15-10;/h5-7H,2-4,11H2,1H3,(H,13,14);1H. The van der Waals surface area contributed by atoms with Gasteiger partial charge in [-0.1, -0.05) is 0 Å². The number of carbonyl (C=O) groups is 1. The number of hydrogen-bond acceptors (Lipinski definition) is 4. The van der Waals surface area contributed by atoms with Gasteiger partial charge in [0.1, 0.15) is 5.00 Å². The Morgan fingerprint density at radius 1 is 1.75 bits per heavy atom. The van der Waals surface area contributed by atoms with E-state index in [0.29, 0.717) is 12.3 Å². The quantitative estimate of drug-likeness (QED) is 0.872. The maximum Gasteiger partial charge on any atom is 0.226 e. The molecule has 0 saturated heterocycles. The lowest BCUT2D eigenvalue weighted by molar-refractivity contribution is -0.116. The summed E-state index contributed by atoms with van der Waals surface area (Å²) in [4.78, 5) is 15.8. The molecule has 1 amide bonds. The predicted octanol–water partition coefficient (Wildman–Crippen LogP) is 2.12. The molecule has 1 fully saturated rings. The van der Waals surface area contributed by atoms with E-state index in [0.717, 1.165) is 10.7 Å². The first-order chi connectivity index (χ1) is 7.16. The van der Waals surface area contributed by atoms with Crippen LogP contribution in [0.2, 0.25) is 0 Å². The van der Waals surface area contributed by atoms with Gasteiger partial charge in [0.15, 0.2) is 0 Å². The van der Waals surface area contributed by atoms with Gasteiger partial charge in [-0.15, -0.1) is 23.7 Å². The highest BCUT2D eigenvalue weighted by Crippen LogP contribution is 2.43. The number of amides is 1. The molecule has 4 nitrogen and oxygen atoms in total. The lowest BCUT2D eigenvalue weighted by Gasteiger charge is -2.06. The molecule has 0 aromatic carbocycles. The monoisotopic (exact) mass is 261 g/mol. The highest BCUT2D eigenvalue weighted by Gasteiger charge is 2.28. The maximum atomic E-state index is 11.5. The van der Waals surface area contributed by atoms with Gasteiger partial charge in [0.25, 0.3) is 0 Å². The van der Waals surface area contributed by atoms with E-state index in [4.69, 9.17) is 5.73 Å². The number of halogens is 1. The number of anilines is 1. The third-order valence-corrected chi connectivity index (χ3v) is 3.08. The maximum absolute atomic E-state index is 11.5. The van der Waals surface area contributed by atoms with Gasteiger partial charge in [-0.3, -0.25) is 4.79 Å². The Kier molecular flexibility index (Phi) is 4.70. The van der Waals surface area contributed by atoms with Crippen LogP contribution in [0.1, 0.15) is 37.8 Å². The summed E-state index contributed by atoms with van der Waals surface area (Å²) in [6, 6.07) is -0.0951. The summed E-state index contributed by atoms with van der Waals surface area (Å²) >= 11 is 1.49. The van der Waals surface area contributed by atoms with Crippen molar-refractivity contribution in [1.82, 2.24) is 4.98 Å². The molecule has 1 atom stereocenters. The van der Waals surface area contributed by atoms with Gasteiger partial charge in [0.2, 0.25) is 5.91 Å². The Morgan fingerprint density at radius 3 is 3.00 bits per heavy atom. The zero-order valence-electron chi connectivity index (χ0n) is 9.10. The molecule has 1 unspecified atom stereocenters. The van der Waals surface area contributed by atoms with Crippen molar-refractivity contribution in [2.24, 2.45) is 5.73 Å². The van der Waals surface area contributed by atoms with Crippen molar-refractivity contribution in [3.8, 4) is 0 Å². The van der Waals surface area contributed by atoms with Crippen LogP contribution in [0.4, 0.5) is 5.00 Å². The zero-order valence-corrected chi connectivity index (χ0v) is 10.7. The summed E-state index contributed by atoms with van der Waals surface area (Å²) in [6.45, 7) is 1.83. The molecule has 90 valence electrons. The number of nitrogens with zero attached hydrogens (tertiary/aromatic N) is 1. The molecule has 0 spiro atoms. The Bertz CT molecular complexity index is 363. The van der Waals surface area contributed by atoms with Crippen molar-refractivity contribution in [3.63, 3.8) is 0 Å². The Morgan fingerprint density at radius 2 is 2.44 bits per heavy atom. The van der Waals surface area contributed by atoms with E-state index in [1.54, 1.807) is 5.51 Å². The van der Waals surface area contributed by atoms with Crippen LogP contribution in [-0.4, -0.2) is 16.9 Å². The first-order valence-electron chi connectivity index (χ1n) is 5.15. The molecular formula is C10H16ClN3OS. The Hall–Kier alpha value is -0.650. The van der Waals surface area contributed by atoms with Gasteiger partial charge in [-0.2, -0.15) is 0 Å².